The zero-order valence-electron chi connectivity index (χ0n) is 21.0. The Balaban J connectivity index is 1.20. The van der Waals surface area contributed by atoms with Crippen LogP contribution in [-0.2, 0) is 10.0 Å². The van der Waals surface area contributed by atoms with Crippen molar-refractivity contribution in [3.63, 3.8) is 0 Å². The van der Waals surface area contributed by atoms with Crippen molar-refractivity contribution in [2.45, 2.75) is 42.9 Å². The molecule has 37 heavy (non-hydrogen) atoms. The third kappa shape index (κ3) is 5.79. The summed E-state index contributed by atoms with van der Waals surface area (Å²) in [5.74, 6) is 0.246. The van der Waals surface area contributed by atoms with Crippen LogP contribution in [0.15, 0.2) is 64.3 Å². The molecule has 2 fully saturated rings. The molecule has 0 aliphatic carbocycles. The quantitative estimate of drug-likeness (QED) is 0.442. The number of carbonyl (C=O) groups excluding carboxylic acids is 1. The summed E-state index contributed by atoms with van der Waals surface area (Å²) in [6, 6.07) is 16.5. The smallest absolute Gasteiger partial charge is 0.252 e. The van der Waals surface area contributed by atoms with Crippen molar-refractivity contribution in [1.29, 1.82) is 0 Å². The summed E-state index contributed by atoms with van der Waals surface area (Å²) in [4.78, 5) is 30.5. The Morgan fingerprint density at radius 2 is 1.70 bits per heavy atom. The van der Waals surface area contributed by atoms with Gasteiger partial charge in [0.15, 0.2) is 0 Å². The van der Waals surface area contributed by atoms with E-state index in [1.54, 1.807) is 6.07 Å². The molecule has 5 rings (SSSR count). The summed E-state index contributed by atoms with van der Waals surface area (Å²) >= 11 is 0. The Labute approximate surface area is 217 Å². The van der Waals surface area contributed by atoms with Gasteiger partial charge in [-0.1, -0.05) is 30.3 Å². The van der Waals surface area contributed by atoms with Gasteiger partial charge >= 0.3 is 0 Å². The van der Waals surface area contributed by atoms with E-state index < -0.39 is 15.6 Å². The minimum absolute atomic E-state index is 0.141. The van der Waals surface area contributed by atoms with E-state index in [1.165, 1.54) is 28.1 Å². The molecule has 3 aromatic rings. The first-order chi connectivity index (χ1) is 17.9. The maximum Gasteiger partial charge on any atom is 0.252 e. The molecule has 196 valence electrons. The summed E-state index contributed by atoms with van der Waals surface area (Å²) in [5, 5.41) is 3.36. The van der Waals surface area contributed by atoms with Gasteiger partial charge in [0.1, 0.15) is 0 Å². The van der Waals surface area contributed by atoms with E-state index >= 15 is 0 Å². The fourth-order valence-corrected chi connectivity index (χ4v) is 7.02. The van der Waals surface area contributed by atoms with Crippen LogP contribution in [0.3, 0.4) is 0 Å². The van der Waals surface area contributed by atoms with E-state index in [9.17, 15) is 18.0 Å². The zero-order valence-corrected chi connectivity index (χ0v) is 21.8. The summed E-state index contributed by atoms with van der Waals surface area (Å²) in [6.07, 6.45) is 4.77. The molecule has 8 nitrogen and oxygen atoms in total. The van der Waals surface area contributed by atoms with Gasteiger partial charge in [-0.25, -0.2) is 8.42 Å². The maximum atomic E-state index is 13.0. The number of amides is 1. The standard InChI is InChI=1S/C28H34N4O4S/c33-27-20-25(24-19-23(9-10-26(24)30-27)37(35,36)32-15-4-5-16-32)28(34)29-13-6-14-31-17-11-22(12-18-31)21-7-2-1-3-8-21/h1-3,7-10,19-20,22H,4-6,11-18H2,(H,29,34)(H,30,33). The lowest BCUT2D eigenvalue weighted by Gasteiger charge is -2.32. The van der Waals surface area contributed by atoms with Crippen molar-refractivity contribution in [3.8, 4) is 0 Å². The number of aromatic amines is 1. The first-order valence-corrected chi connectivity index (χ1v) is 14.6. The molecular formula is C28H34N4O4S. The van der Waals surface area contributed by atoms with Crippen molar-refractivity contribution in [3.05, 3.63) is 76.1 Å². The fourth-order valence-electron chi connectivity index (χ4n) is 5.47. The van der Waals surface area contributed by atoms with Crippen LogP contribution in [-0.4, -0.2) is 67.8 Å². The Morgan fingerprint density at radius 3 is 2.43 bits per heavy atom. The number of nitrogens with one attached hydrogen (secondary N) is 2. The number of piperidine rings is 1. The monoisotopic (exact) mass is 522 g/mol. The Morgan fingerprint density at radius 1 is 0.973 bits per heavy atom. The largest absolute Gasteiger partial charge is 0.352 e. The number of hydrogen-bond acceptors (Lipinski definition) is 5. The van der Waals surface area contributed by atoms with Gasteiger partial charge in [-0.2, -0.15) is 4.31 Å². The predicted octanol–water partition coefficient (Wildman–Crippen LogP) is 3.31. The highest BCUT2D eigenvalue weighted by Crippen LogP contribution is 2.28. The molecule has 0 radical (unpaired) electrons. The number of sulfonamides is 1. The molecule has 9 heteroatoms. The van der Waals surface area contributed by atoms with Crippen LogP contribution in [0.4, 0.5) is 0 Å². The number of rotatable bonds is 8. The fraction of sp³-hybridized carbons (Fsp3) is 0.429. The van der Waals surface area contributed by atoms with E-state index in [2.05, 4.69) is 45.5 Å². The van der Waals surface area contributed by atoms with Crippen LogP contribution in [0.1, 0.15) is 53.9 Å². The number of pyridine rings is 1. The summed E-state index contributed by atoms with van der Waals surface area (Å²) in [7, 11) is -3.63. The second-order valence-electron chi connectivity index (χ2n) is 10.0. The normalized spacial score (nSPS) is 17.8. The Hall–Kier alpha value is -3.01. The van der Waals surface area contributed by atoms with Crippen LogP contribution in [0.5, 0.6) is 0 Å². The van der Waals surface area contributed by atoms with Gasteiger partial charge in [-0.05, 0) is 81.4 Å². The summed E-state index contributed by atoms with van der Waals surface area (Å²) in [5.41, 5.74) is 1.66. The van der Waals surface area contributed by atoms with E-state index in [4.69, 9.17) is 0 Å². The van der Waals surface area contributed by atoms with Gasteiger partial charge in [-0.3, -0.25) is 9.59 Å². The SMILES string of the molecule is O=C(NCCCN1CCC(c2ccccc2)CC1)c1cc(=O)[nH]c2ccc(S(=O)(=O)N3CCCC3)cc12. The molecule has 1 amide bonds. The predicted molar refractivity (Wildman–Crippen MR) is 144 cm³/mol. The number of hydrogen-bond donors (Lipinski definition) is 2. The number of likely N-dealkylation sites (tertiary alicyclic amines) is 1. The number of benzene rings is 2. The van der Waals surface area contributed by atoms with Gasteiger partial charge in [-0.15, -0.1) is 0 Å². The molecule has 1 aromatic heterocycles. The molecule has 2 aromatic carbocycles. The van der Waals surface area contributed by atoms with Crippen LogP contribution in [0.2, 0.25) is 0 Å². The number of nitrogens with zero attached hydrogens (tertiary/aromatic N) is 2. The van der Waals surface area contributed by atoms with Crippen molar-refractivity contribution in [2.75, 3.05) is 39.3 Å². The van der Waals surface area contributed by atoms with Gasteiger partial charge in [0.05, 0.1) is 10.5 Å². The van der Waals surface area contributed by atoms with Crippen LogP contribution < -0.4 is 10.9 Å². The summed E-state index contributed by atoms with van der Waals surface area (Å²) in [6.45, 7) is 4.47. The third-order valence-electron chi connectivity index (χ3n) is 7.56. The van der Waals surface area contributed by atoms with Crippen LogP contribution in [0, 0.1) is 0 Å². The van der Waals surface area contributed by atoms with Gasteiger partial charge < -0.3 is 15.2 Å². The molecule has 2 N–H and O–H groups in total. The lowest BCUT2D eigenvalue weighted by molar-refractivity contribution is 0.0952. The van der Waals surface area contributed by atoms with Crippen molar-refractivity contribution in [1.82, 2.24) is 19.5 Å². The minimum Gasteiger partial charge on any atom is -0.352 e. The molecular weight excluding hydrogens is 488 g/mol. The highest BCUT2D eigenvalue weighted by molar-refractivity contribution is 7.89. The summed E-state index contributed by atoms with van der Waals surface area (Å²) < 4.78 is 27.5. The second kappa shape index (κ2) is 11.2. The molecule has 0 bridgehead atoms. The molecule has 3 heterocycles. The third-order valence-corrected chi connectivity index (χ3v) is 9.45. The number of carbonyl (C=O) groups is 1. The van der Waals surface area contributed by atoms with Gasteiger partial charge in [0.25, 0.3) is 5.91 Å². The molecule has 2 saturated heterocycles. The van der Waals surface area contributed by atoms with E-state index in [-0.39, 0.29) is 16.4 Å². The van der Waals surface area contributed by atoms with Crippen molar-refractivity contribution < 1.29 is 13.2 Å². The highest BCUT2D eigenvalue weighted by Gasteiger charge is 2.28. The van der Waals surface area contributed by atoms with Crippen molar-refractivity contribution in [2.24, 2.45) is 0 Å². The van der Waals surface area contributed by atoms with Gasteiger partial charge in [0.2, 0.25) is 15.6 Å². The first-order valence-electron chi connectivity index (χ1n) is 13.1. The van der Waals surface area contributed by atoms with E-state index in [0.29, 0.717) is 36.5 Å². The molecule has 2 aliphatic rings. The van der Waals surface area contributed by atoms with Crippen LogP contribution in [0.25, 0.3) is 10.9 Å². The number of fused-ring (bicyclic) bond motifs is 1. The lowest BCUT2D eigenvalue weighted by Crippen LogP contribution is -2.35. The molecule has 2 aliphatic heterocycles. The molecule has 0 atom stereocenters. The van der Waals surface area contributed by atoms with Crippen LogP contribution >= 0.6 is 0 Å². The first kappa shape index (κ1) is 25.6. The molecule has 0 spiro atoms. The Kier molecular flexibility index (Phi) is 7.73. The van der Waals surface area contributed by atoms with Gasteiger partial charge in [0, 0.05) is 36.6 Å². The molecule has 0 saturated carbocycles. The Bertz CT molecular complexity index is 1410. The number of H-pyrrole nitrogens is 1. The molecule has 0 unspecified atom stereocenters. The lowest BCUT2D eigenvalue weighted by atomic mass is 9.89. The maximum absolute atomic E-state index is 13.0. The average molecular weight is 523 g/mol. The topological polar surface area (TPSA) is 103 Å². The second-order valence-corrected chi connectivity index (χ2v) is 11.9. The zero-order chi connectivity index (χ0) is 25.8. The van der Waals surface area contributed by atoms with Crippen molar-refractivity contribution >= 4 is 26.8 Å². The highest BCUT2D eigenvalue weighted by atomic mass is 32.2. The van der Waals surface area contributed by atoms with E-state index in [1.807, 2.05) is 0 Å². The average Bonchev–Trinajstić information content (AvgIpc) is 3.47. The number of aromatic nitrogens is 1. The minimum atomic E-state index is -3.63. The van der Waals surface area contributed by atoms with E-state index in [0.717, 1.165) is 51.7 Å².